The molecule has 160 valence electrons. The van der Waals surface area contributed by atoms with E-state index in [9.17, 15) is 9.59 Å². The Kier molecular flexibility index (Phi) is 7.35. The number of methoxy groups -OCH3 is 1. The van der Waals surface area contributed by atoms with Crippen LogP contribution in [-0.4, -0.2) is 42.4 Å². The van der Waals surface area contributed by atoms with Gasteiger partial charge in [0.1, 0.15) is 17.6 Å². The van der Waals surface area contributed by atoms with E-state index in [1.54, 1.807) is 49.4 Å². The molecule has 7 heteroatoms. The number of hydrogen-bond donors (Lipinski definition) is 2. The van der Waals surface area contributed by atoms with Crippen LogP contribution in [0.4, 0.5) is 11.5 Å². The van der Waals surface area contributed by atoms with Crippen molar-refractivity contribution in [3.05, 3.63) is 84.1 Å². The number of aromatic nitrogens is 1. The molecule has 0 aliphatic rings. The molecule has 3 rings (SSSR count). The smallest absolute Gasteiger partial charge is 0.246 e. The van der Waals surface area contributed by atoms with Crippen LogP contribution in [0.5, 0.6) is 5.75 Å². The molecule has 0 radical (unpaired) electrons. The van der Waals surface area contributed by atoms with Crippen molar-refractivity contribution in [3.8, 4) is 5.75 Å². The number of ether oxygens (including phenoxy) is 1. The van der Waals surface area contributed by atoms with Crippen LogP contribution in [0.3, 0.4) is 0 Å². The number of rotatable bonds is 8. The van der Waals surface area contributed by atoms with Crippen LogP contribution in [0.25, 0.3) is 0 Å². The zero-order chi connectivity index (χ0) is 22.2. The summed E-state index contributed by atoms with van der Waals surface area (Å²) in [4.78, 5) is 31.8. The van der Waals surface area contributed by atoms with Crippen molar-refractivity contribution < 1.29 is 14.3 Å². The van der Waals surface area contributed by atoms with Gasteiger partial charge in [-0.25, -0.2) is 4.98 Å². The third-order valence-electron chi connectivity index (χ3n) is 4.69. The highest BCUT2D eigenvalue weighted by molar-refractivity contribution is 5.97. The summed E-state index contributed by atoms with van der Waals surface area (Å²) in [5, 5.41) is 5.71. The van der Waals surface area contributed by atoms with E-state index in [-0.39, 0.29) is 18.4 Å². The number of pyridine rings is 1. The average molecular weight is 418 g/mol. The van der Waals surface area contributed by atoms with E-state index >= 15 is 0 Å². The molecule has 0 aliphatic heterocycles. The molecule has 2 N–H and O–H groups in total. The summed E-state index contributed by atoms with van der Waals surface area (Å²) in [7, 11) is 3.31. The third-order valence-corrected chi connectivity index (χ3v) is 4.69. The van der Waals surface area contributed by atoms with Crippen LogP contribution in [0, 0.1) is 6.92 Å². The Morgan fingerprint density at radius 3 is 2.45 bits per heavy atom. The molecule has 7 nitrogen and oxygen atoms in total. The van der Waals surface area contributed by atoms with Crippen LogP contribution >= 0.6 is 0 Å². The first-order valence-corrected chi connectivity index (χ1v) is 9.90. The second kappa shape index (κ2) is 10.4. The van der Waals surface area contributed by atoms with E-state index < -0.39 is 6.04 Å². The van der Waals surface area contributed by atoms with Gasteiger partial charge in [-0.2, -0.15) is 0 Å². The molecule has 1 atom stereocenters. The summed E-state index contributed by atoms with van der Waals surface area (Å²) in [6, 6.07) is 21.3. The quantitative estimate of drug-likeness (QED) is 0.583. The molecular weight excluding hydrogens is 392 g/mol. The normalized spacial score (nSPS) is 11.6. The number of nitrogens with one attached hydrogen (secondary N) is 2. The number of carbonyl (C=O) groups excluding carboxylic acids is 2. The number of likely N-dealkylation sites (N-methyl/N-ethyl adjacent to an activating group) is 1. The van der Waals surface area contributed by atoms with Crippen molar-refractivity contribution >= 4 is 23.3 Å². The first kappa shape index (κ1) is 22.0. The fourth-order valence-corrected chi connectivity index (χ4v) is 3.27. The van der Waals surface area contributed by atoms with Crippen LogP contribution in [0.15, 0.2) is 72.8 Å². The number of hydrogen-bond acceptors (Lipinski definition) is 5. The van der Waals surface area contributed by atoms with Gasteiger partial charge in [0.25, 0.3) is 0 Å². The average Bonchev–Trinajstić information content (AvgIpc) is 2.74. The Balaban J connectivity index is 1.76. The first-order chi connectivity index (χ1) is 15.0. The summed E-state index contributed by atoms with van der Waals surface area (Å²) in [6.45, 7) is 1.87. The maximum Gasteiger partial charge on any atom is 0.246 e. The summed E-state index contributed by atoms with van der Waals surface area (Å²) in [5.74, 6) is 0.627. The highest BCUT2D eigenvalue weighted by Crippen LogP contribution is 2.23. The van der Waals surface area contributed by atoms with Gasteiger partial charge in [-0.1, -0.05) is 42.5 Å². The van der Waals surface area contributed by atoms with Gasteiger partial charge < -0.3 is 15.4 Å². The Bertz CT molecular complexity index is 1040. The van der Waals surface area contributed by atoms with Gasteiger partial charge in [0.15, 0.2) is 0 Å². The number of benzene rings is 2. The van der Waals surface area contributed by atoms with Gasteiger partial charge >= 0.3 is 0 Å². The Morgan fingerprint density at radius 1 is 1.00 bits per heavy atom. The van der Waals surface area contributed by atoms with Gasteiger partial charge in [0.2, 0.25) is 11.8 Å². The number of amides is 2. The number of nitrogens with zero attached hydrogens (tertiary/aromatic N) is 2. The number of aryl methyl sites for hydroxylation is 1. The van der Waals surface area contributed by atoms with E-state index in [1.807, 2.05) is 49.4 Å². The van der Waals surface area contributed by atoms with E-state index in [1.165, 1.54) is 0 Å². The Labute approximate surface area is 182 Å². The molecule has 31 heavy (non-hydrogen) atoms. The first-order valence-electron chi connectivity index (χ1n) is 9.90. The van der Waals surface area contributed by atoms with Crippen molar-refractivity contribution in [2.75, 3.05) is 31.3 Å². The highest BCUT2D eigenvalue weighted by atomic mass is 16.5. The van der Waals surface area contributed by atoms with E-state index in [0.29, 0.717) is 17.3 Å². The van der Waals surface area contributed by atoms with Crippen molar-refractivity contribution in [1.82, 2.24) is 9.88 Å². The summed E-state index contributed by atoms with van der Waals surface area (Å²) in [6.07, 6.45) is 0. The standard InChI is InChI=1S/C24H26N4O3/c1-17-9-7-14-21(25-17)27-22(29)16-28(2)23(18-10-5-4-6-11-18)24(30)26-19-12-8-13-20(15-19)31-3/h4-15,23H,16H2,1-3H3,(H,26,30)(H,25,27,29). The molecule has 0 saturated heterocycles. The van der Waals surface area contributed by atoms with Crippen LogP contribution in [0.1, 0.15) is 17.3 Å². The largest absolute Gasteiger partial charge is 0.497 e. The molecule has 2 amide bonds. The second-order valence-corrected chi connectivity index (χ2v) is 7.16. The minimum atomic E-state index is -0.663. The monoisotopic (exact) mass is 418 g/mol. The van der Waals surface area contributed by atoms with Gasteiger partial charge in [-0.05, 0) is 43.8 Å². The predicted octanol–water partition coefficient (Wildman–Crippen LogP) is 3.65. The number of carbonyl (C=O) groups is 2. The van der Waals surface area contributed by atoms with Crippen molar-refractivity contribution in [1.29, 1.82) is 0 Å². The van der Waals surface area contributed by atoms with E-state index in [4.69, 9.17) is 4.74 Å². The van der Waals surface area contributed by atoms with Gasteiger partial charge in [-0.3, -0.25) is 14.5 Å². The molecule has 3 aromatic rings. The molecule has 1 aromatic heterocycles. The maximum absolute atomic E-state index is 13.2. The topological polar surface area (TPSA) is 83.6 Å². The summed E-state index contributed by atoms with van der Waals surface area (Å²) >= 11 is 0. The molecule has 0 saturated carbocycles. The SMILES string of the molecule is COc1cccc(NC(=O)C(c2ccccc2)N(C)CC(=O)Nc2cccc(C)n2)c1. The molecule has 0 aliphatic carbocycles. The highest BCUT2D eigenvalue weighted by Gasteiger charge is 2.27. The van der Waals surface area contributed by atoms with Gasteiger partial charge in [0.05, 0.1) is 13.7 Å². The zero-order valence-electron chi connectivity index (χ0n) is 17.8. The van der Waals surface area contributed by atoms with Gasteiger partial charge in [-0.15, -0.1) is 0 Å². The molecule has 0 spiro atoms. The molecule has 1 unspecified atom stereocenters. The van der Waals surface area contributed by atoms with Gasteiger partial charge in [0, 0.05) is 17.4 Å². The van der Waals surface area contributed by atoms with E-state index in [0.717, 1.165) is 11.3 Å². The fraction of sp³-hybridized carbons (Fsp3) is 0.208. The summed E-state index contributed by atoms with van der Waals surface area (Å²) < 4.78 is 5.23. The lowest BCUT2D eigenvalue weighted by Gasteiger charge is -2.27. The minimum Gasteiger partial charge on any atom is -0.497 e. The fourth-order valence-electron chi connectivity index (χ4n) is 3.27. The van der Waals surface area contributed by atoms with Crippen LogP contribution in [-0.2, 0) is 9.59 Å². The van der Waals surface area contributed by atoms with Crippen LogP contribution in [0.2, 0.25) is 0 Å². The van der Waals surface area contributed by atoms with Crippen molar-refractivity contribution in [2.45, 2.75) is 13.0 Å². The lowest BCUT2D eigenvalue weighted by atomic mass is 10.0. The minimum absolute atomic E-state index is 0.0146. The predicted molar refractivity (Wildman–Crippen MR) is 121 cm³/mol. The van der Waals surface area contributed by atoms with E-state index in [2.05, 4.69) is 15.6 Å². The molecule has 1 heterocycles. The maximum atomic E-state index is 13.2. The Morgan fingerprint density at radius 2 is 1.74 bits per heavy atom. The molecule has 0 fully saturated rings. The second-order valence-electron chi connectivity index (χ2n) is 7.16. The zero-order valence-corrected chi connectivity index (χ0v) is 17.8. The molecular formula is C24H26N4O3. The van der Waals surface area contributed by atoms with Crippen molar-refractivity contribution in [3.63, 3.8) is 0 Å². The number of anilines is 2. The third kappa shape index (κ3) is 6.13. The molecule has 0 bridgehead atoms. The lowest BCUT2D eigenvalue weighted by molar-refractivity contribution is -0.123. The van der Waals surface area contributed by atoms with Crippen LogP contribution < -0.4 is 15.4 Å². The Hall–Kier alpha value is -3.71. The lowest BCUT2D eigenvalue weighted by Crippen LogP contribution is -2.39. The van der Waals surface area contributed by atoms with Crippen molar-refractivity contribution in [2.24, 2.45) is 0 Å². The summed E-state index contributed by atoms with van der Waals surface area (Å²) in [5.41, 5.74) is 2.21. The molecule has 2 aromatic carbocycles.